The van der Waals surface area contributed by atoms with E-state index < -0.39 is 0 Å². The fraction of sp³-hybridized carbons (Fsp3) is 0.391. The molecule has 0 saturated carbocycles. The summed E-state index contributed by atoms with van der Waals surface area (Å²) in [4.78, 5) is 30.0. The first-order valence-corrected chi connectivity index (χ1v) is 12.1. The Morgan fingerprint density at radius 1 is 1.00 bits per heavy atom. The van der Waals surface area contributed by atoms with E-state index in [1.807, 2.05) is 41.3 Å². The molecule has 0 atom stereocenters. The van der Waals surface area contributed by atoms with Gasteiger partial charge in [-0.25, -0.2) is 0 Å². The first kappa shape index (κ1) is 23.8. The van der Waals surface area contributed by atoms with Gasteiger partial charge in [0.1, 0.15) is 0 Å². The molecule has 0 unspecified atom stereocenters. The minimum absolute atomic E-state index is 0.103. The summed E-state index contributed by atoms with van der Waals surface area (Å²) in [6, 6.07) is 12.9. The van der Waals surface area contributed by atoms with E-state index >= 15 is 0 Å². The molecular formula is C23H27Cl2N3O2S. The lowest BCUT2D eigenvalue weighted by Gasteiger charge is -2.37. The van der Waals surface area contributed by atoms with E-state index in [-0.39, 0.29) is 17.6 Å². The topological polar surface area (TPSA) is 52.7 Å². The van der Waals surface area contributed by atoms with Gasteiger partial charge in [-0.2, -0.15) is 0 Å². The molecule has 5 nitrogen and oxygen atoms in total. The van der Waals surface area contributed by atoms with Crippen LogP contribution in [-0.2, 0) is 9.59 Å². The minimum Gasteiger partial charge on any atom is -0.366 e. The van der Waals surface area contributed by atoms with E-state index in [1.54, 1.807) is 6.07 Å². The smallest absolute Gasteiger partial charge is 0.234 e. The van der Waals surface area contributed by atoms with Crippen LogP contribution in [0.25, 0.3) is 0 Å². The van der Waals surface area contributed by atoms with Gasteiger partial charge in [0, 0.05) is 47.5 Å². The van der Waals surface area contributed by atoms with Crippen molar-refractivity contribution in [1.82, 2.24) is 4.90 Å². The molecule has 0 bridgehead atoms. The molecule has 0 radical (unpaired) electrons. The molecule has 0 aromatic heterocycles. The van der Waals surface area contributed by atoms with Crippen molar-refractivity contribution in [2.24, 2.45) is 5.92 Å². The number of nitrogens with one attached hydrogen (secondary N) is 1. The van der Waals surface area contributed by atoms with E-state index in [4.69, 9.17) is 23.2 Å². The van der Waals surface area contributed by atoms with E-state index in [0.717, 1.165) is 10.6 Å². The predicted molar refractivity (Wildman–Crippen MR) is 131 cm³/mol. The number of piperazine rings is 1. The maximum Gasteiger partial charge on any atom is 0.234 e. The molecule has 0 spiro atoms. The molecule has 3 rings (SSSR count). The van der Waals surface area contributed by atoms with Gasteiger partial charge in [-0.15, -0.1) is 11.8 Å². The molecule has 1 aliphatic heterocycles. The van der Waals surface area contributed by atoms with Crippen molar-refractivity contribution in [3.05, 3.63) is 52.5 Å². The third kappa shape index (κ3) is 7.06. The van der Waals surface area contributed by atoms with Crippen LogP contribution in [0, 0.1) is 5.92 Å². The molecule has 31 heavy (non-hydrogen) atoms. The van der Waals surface area contributed by atoms with Crippen LogP contribution in [0.3, 0.4) is 0 Å². The molecule has 2 aromatic rings. The number of nitrogens with zero attached hydrogens (tertiary/aromatic N) is 2. The van der Waals surface area contributed by atoms with Crippen molar-refractivity contribution in [2.45, 2.75) is 25.2 Å². The largest absolute Gasteiger partial charge is 0.366 e. The number of anilines is 2. The second-order valence-electron chi connectivity index (χ2n) is 7.92. The average molecular weight is 480 g/mol. The highest BCUT2D eigenvalue weighted by molar-refractivity contribution is 8.00. The van der Waals surface area contributed by atoms with Crippen LogP contribution in [-0.4, -0.2) is 48.6 Å². The molecule has 2 amide bonds. The maximum atomic E-state index is 12.6. The SMILES string of the molecule is CC(C)CC(=O)N1CCN(c2ccc(Cl)cc2NC(=O)CSc2ccc(Cl)cc2)CC1. The summed E-state index contributed by atoms with van der Waals surface area (Å²) in [6.07, 6.45) is 0.577. The van der Waals surface area contributed by atoms with E-state index in [1.165, 1.54) is 11.8 Å². The van der Waals surface area contributed by atoms with Gasteiger partial charge in [0.05, 0.1) is 17.1 Å². The van der Waals surface area contributed by atoms with Gasteiger partial charge in [-0.1, -0.05) is 37.0 Å². The number of hydrogen-bond acceptors (Lipinski definition) is 4. The van der Waals surface area contributed by atoms with Crippen LogP contribution in [0.5, 0.6) is 0 Å². The summed E-state index contributed by atoms with van der Waals surface area (Å²) < 4.78 is 0. The van der Waals surface area contributed by atoms with Crippen LogP contribution < -0.4 is 10.2 Å². The number of halogens is 2. The molecular weight excluding hydrogens is 453 g/mol. The summed E-state index contributed by atoms with van der Waals surface area (Å²) in [7, 11) is 0. The third-order valence-electron chi connectivity index (χ3n) is 4.97. The monoisotopic (exact) mass is 479 g/mol. The van der Waals surface area contributed by atoms with Crippen LogP contribution >= 0.6 is 35.0 Å². The Morgan fingerprint density at radius 2 is 1.65 bits per heavy atom. The van der Waals surface area contributed by atoms with Gasteiger partial charge in [-0.3, -0.25) is 9.59 Å². The van der Waals surface area contributed by atoms with Crippen molar-refractivity contribution in [3.8, 4) is 0 Å². The average Bonchev–Trinajstić information content (AvgIpc) is 2.73. The summed E-state index contributed by atoms with van der Waals surface area (Å²) in [6.45, 7) is 6.90. The van der Waals surface area contributed by atoms with Gasteiger partial charge < -0.3 is 15.1 Å². The van der Waals surface area contributed by atoms with E-state index in [0.29, 0.717) is 54.3 Å². The number of hydrogen-bond donors (Lipinski definition) is 1. The van der Waals surface area contributed by atoms with Crippen LogP contribution in [0.4, 0.5) is 11.4 Å². The van der Waals surface area contributed by atoms with Crippen molar-refractivity contribution in [3.63, 3.8) is 0 Å². The van der Waals surface area contributed by atoms with Crippen molar-refractivity contribution in [2.75, 3.05) is 42.1 Å². The summed E-state index contributed by atoms with van der Waals surface area (Å²) in [5.41, 5.74) is 1.61. The van der Waals surface area contributed by atoms with Crippen LogP contribution in [0.1, 0.15) is 20.3 Å². The third-order valence-corrected chi connectivity index (χ3v) is 6.47. The number of amides is 2. The zero-order valence-corrected chi connectivity index (χ0v) is 20.1. The van der Waals surface area contributed by atoms with Crippen LogP contribution in [0.2, 0.25) is 10.0 Å². The number of thioether (sulfide) groups is 1. The van der Waals surface area contributed by atoms with E-state index in [9.17, 15) is 9.59 Å². The highest BCUT2D eigenvalue weighted by Crippen LogP contribution is 2.31. The lowest BCUT2D eigenvalue weighted by atomic mass is 10.1. The van der Waals surface area contributed by atoms with Crippen molar-refractivity contribution < 1.29 is 9.59 Å². The number of rotatable bonds is 7. The Bertz CT molecular complexity index is 914. The standard InChI is InChI=1S/C23H27Cl2N3O2S/c1-16(2)13-23(30)28-11-9-27(10-12-28)21-8-5-18(25)14-20(21)26-22(29)15-31-19-6-3-17(24)4-7-19/h3-8,14,16H,9-13,15H2,1-2H3,(H,26,29). The lowest BCUT2D eigenvalue weighted by Crippen LogP contribution is -2.49. The first-order chi connectivity index (χ1) is 14.8. The summed E-state index contributed by atoms with van der Waals surface area (Å²) >= 11 is 13.6. The highest BCUT2D eigenvalue weighted by atomic mass is 35.5. The maximum absolute atomic E-state index is 12.6. The second-order valence-corrected chi connectivity index (χ2v) is 9.84. The Kier molecular flexibility index (Phi) is 8.52. The lowest BCUT2D eigenvalue weighted by molar-refractivity contribution is -0.132. The van der Waals surface area contributed by atoms with Gasteiger partial charge in [0.2, 0.25) is 11.8 Å². The number of carbonyl (C=O) groups is 2. The zero-order valence-electron chi connectivity index (χ0n) is 17.7. The Balaban J connectivity index is 1.61. The predicted octanol–water partition coefficient (Wildman–Crippen LogP) is 5.42. The second kappa shape index (κ2) is 11.1. The quantitative estimate of drug-likeness (QED) is 0.538. The normalized spacial score (nSPS) is 14.1. The molecule has 2 aromatic carbocycles. The molecule has 1 heterocycles. The molecule has 1 saturated heterocycles. The van der Waals surface area contributed by atoms with Gasteiger partial charge in [0.25, 0.3) is 0 Å². The first-order valence-electron chi connectivity index (χ1n) is 10.3. The molecule has 166 valence electrons. The zero-order chi connectivity index (χ0) is 22.4. The van der Waals surface area contributed by atoms with Gasteiger partial charge in [-0.05, 0) is 48.4 Å². The Morgan fingerprint density at radius 3 is 2.29 bits per heavy atom. The van der Waals surface area contributed by atoms with Gasteiger partial charge >= 0.3 is 0 Å². The highest BCUT2D eigenvalue weighted by Gasteiger charge is 2.23. The van der Waals surface area contributed by atoms with Crippen LogP contribution in [0.15, 0.2) is 47.4 Å². The van der Waals surface area contributed by atoms with Crippen molar-refractivity contribution >= 4 is 58.2 Å². The molecule has 1 fully saturated rings. The minimum atomic E-state index is -0.103. The molecule has 1 N–H and O–H groups in total. The summed E-state index contributed by atoms with van der Waals surface area (Å²) in [5.74, 6) is 0.743. The number of carbonyl (C=O) groups excluding carboxylic acids is 2. The molecule has 8 heteroatoms. The molecule has 1 aliphatic rings. The van der Waals surface area contributed by atoms with Crippen molar-refractivity contribution in [1.29, 1.82) is 0 Å². The molecule has 0 aliphatic carbocycles. The Hall–Kier alpha value is -1.89. The number of benzene rings is 2. The Labute approximate surface area is 198 Å². The fourth-order valence-electron chi connectivity index (χ4n) is 3.43. The van der Waals surface area contributed by atoms with E-state index in [2.05, 4.69) is 24.1 Å². The fourth-order valence-corrected chi connectivity index (χ4v) is 4.42. The van der Waals surface area contributed by atoms with Gasteiger partial charge in [0.15, 0.2) is 0 Å². The summed E-state index contributed by atoms with van der Waals surface area (Å²) in [5, 5.41) is 4.23.